The smallest absolute Gasteiger partial charge is 0.394 e. The number of thioether (sulfide) groups is 1. The molecular weight excluding hydrogens is 548 g/mol. The van der Waals surface area contributed by atoms with Crippen molar-refractivity contribution >= 4 is 39.8 Å². The maximum Gasteiger partial charge on any atom is 0.416 e. The van der Waals surface area contributed by atoms with Crippen molar-refractivity contribution in [2.75, 3.05) is 13.2 Å². The van der Waals surface area contributed by atoms with Crippen LogP contribution in [0.2, 0.25) is 0 Å². The summed E-state index contributed by atoms with van der Waals surface area (Å²) in [4.78, 5) is 18.8. The number of fused-ring (bicyclic) bond motifs is 1. The molecule has 3 N–H and O–H groups in total. The topological polar surface area (TPSA) is 96.7 Å². The lowest BCUT2D eigenvalue weighted by atomic mass is 10.0. The number of aliphatic hydroxyl groups excluding tert-OH is 1. The zero-order chi connectivity index (χ0) is 28.1. The van der Waals surface area contributed by atoms with E-state index in [1.807, 2.05) is 4.90 Å². The predicted octanol–water partition coefficient (Wildman–Crippen LogP) is 4.49. The second-order valence-electron chi connectivity index (χ2n) is 9.28. The summed E-state index contributed by atoms with van der Waals surface area (Å²) in [5.74, 6) is -0.440. The van der Waals surface area contributed by atoms with E-state index in [1.54, 1.807) is 24.3 Å². The molecule has 0 radical (unpaired) electrons. The van der Waals surface area contributed by atoms with E-state index in [4.69, 9.17) is 5.73 Å². The lowest BCUT2D eigenvalue weighted by molar-refractivity contribution is -0.143. The molecule has 0 spiro atoms. The first-order chi connectivity index (χ1) is 18.3. The highest BCUT2D eigenvalue weighted by Gasteiger charge is 2.38. The number of benzene rings is 2. The van der Waals surface area contributed by atoms with Crippen molar-refractivity contribution in [1.29, 1.82) is 0 Å². The molecule has 3 heterocycles. The maximum absolute atomic E-state index is 13.6. The Balaban J connectivity index is 1.38. The molecule has 1 aromatic heterocycles. The number of aliphatic imine (C=N–C) groups is 1. The van der Waals surface area contributed by atoms with Crippen molar-refractivity contribution in [3.63, 3.8) is 0 Å². The average Bonchev–Trinajstić information content (AvgIpc) is 3.54. The highest BCUT2D eigenvalue weighted by molar-refractivity contribution is 8.18. The minimum Gasteiger partial charge on any atom is -0.394 e. The molecule has 5 rings (SSSR count). The van der Waals surface area contributed by atoms with Crippen LogP contribution in [0.15, 0.2) is 52.5 Å². The SMILES string of the molecule is N[C@@H]1C[C@H](CO)N(C2=NC(=O)C(=Cc3ccc4c(cnn4Cc4ccc(C(F)(F)F)cc4C(F)(F)F)c3)S2)C1. The van der Waals surface area contributed by atoms with Crippen LogP contribution >= 0.6 is 11.8 Å². The van der Waals surface area contributed by atoms with Gasteiger partial charge in [0.15, 0.2) is 5.17 Å². The third-order valence-corrected chi connectivity index (χ3v) is 7.56. The highest BCUT2D eigenvalue weighted by Crippen LogP contribution is 2.38. The first-order valence-electron chi connectivity index (χ1n) is 11.7. The van der Waals surface area contributed by atoms with Gasteiger partial charge in [0.25, 0.3) is 5.91 Å². The number of carbonyl (C=O) groups is 1. The number of alkyl halides is 6. The number of hydrogen-bond donors (Lipinski definition) is 2. The van der Waals surface area contributed by atoms with E-state index in [0.29, 0.717) is 45.6 Å². The van der Waals surface area contributed by atoms with E-state index in [9.17, 15) is 36.2 Å². The molecule has 0 aliphatic carbocycles. The molecule has 206 valence electrons. The lowest BCUT2D eigenvalue weighted by Crippen LogP contribution is -2.36. The van der Waals surface area contributed by atoms with E-state index in [-0.39, 0.29) is 30.3 Å². The fourth-order valence-corrected chi connectivity index (χ4v) is 5.66. The minimum atomic E-state index is -4.98. The summed E-state index contributed by atoms with van der Waals surface area (Å²) >= 11 is 1.16. The van der Waals surface area contributed by atoms with Gasteiger partial charge in [-0.25, -0.2) is 0 Å². The van der Waals surface area contributed by atoms with Gasteiger partial charge in [0, 0.05) is 18.0 Å². The van der Waals surface area contributed by atoms with Crippen molar-refractivity contribution < 1.29 is 36.2 Å². The Bertz CT molecular complexity index is 1500. The number of halogens is 6. The summed E-state index contributed by atoms with van der Waals surface area (Å²) in [5, 5.41) is 14.8. The first kappa shape index (κ1) is 27.2. The molecule has 1 amide bonds. The minimum absolute atomic E-state index is 0.108. The molecule has 2 atom stereocenters. The van der Waals surface area contributed by atoms with Crippen molar-refractivity contribution in [3.05, 3.63) is 69.8 Å². The molecule has 1 fully saturated rings. The fourth-order valence-electron chi connectivity index (χ4n) is 4.67. The zero-order valence-electron chi connectivity index (χ0n) is 20.0. The van der Waals surface area contributed by atoms with Crippen LogP contribution in [-0.2, 0) is 23.7 Å². The van der Waals surface area contributed by atoms with Gasteiger partial charge in [-0.05, 0) is 59.7 Å². The van der Waals surface area contributed by atoms with Gasteiger partial charge in [-0.3, -0.25) is 9.48 Å². The number of amides is 1. The number of aromatic nitrogens is 2. The molecule has 0 unspecified atom stereocenters. The van der Waals surface area contributed by atoms with Gasteiger partial charge in [-0.15, -0.1) is 0 Å². The van der Waals surface area contributed by atoms with E-state index < -0.39 is 35.9 Å². The molecular formula is C25H21F6N5O2S. The quantitative estimate of drug-likeness (QED) is 0.355. The third kappa shape index (κ3) is 5.54. The summed E-state index contributed by atoms with van der Waals surface area (Å²) in [6.07, 6.45) is -6.25. The summed E-state index contributed by atoms with van der Waals surface area (Å²) < 4.78 is 80.9. The van der Waals surface area contributed by atoms with Crippen LogP contribution in [0.25, 0.3) is 17.0 Å². The van der Waals surface area contributed by atoms with Gasteiger partial charge in [-0.1, -0.05) is 12.1 Å². The molecule has 1 saturated heterocycles. The van der Waals surface area contributed by atoms with E-state index in [2.05, 4.69) is 10.1 Å². The van der Waals surface area contributed by atoms with Gasteiger partial charge < -0.3 is 15.7 Å². The van der Waals surface area contributed by atoms with Gasteiger partial charge in [0.1, 0.15) is 0 Å². The van der Waals surface area contributed by atoms with E-state index in [1.165, 1.54) is 10.9 Å². The Kier molecular flexibility index (Phi) is 6.97. The van der Waals surface area contributed by atoms with Crippen LogP contribution in [0.1, 0.15) is 28.7 Å². The second kappa shape index (κ2) is 9.99. The van der Waals surface area contributed by atoms with Crippen LogP contribution in [0, 0.1) is 0 Å². The first-order valence-corrected chi connectivity index (χ1v) is 12.5. The number of amidine groups is 1. The number of likely N-dealkylation sites (tertiary alicyclic amines) is 1. The maximum atomic E-state index is 13.6. The fraction of sp³-hybridized carbons (Fsp3) is 0.320. The molecule has 2 aliphatic heterocycles. The van der Waals surface area contributed by atoms with Crippen molar-refractivity contribution in [2.45, 2.75) is 37.4 Å². The third-order valence-electron chi connectivity index (χ3n) is 6.54. The van der Waals surface area contributed by atoms with Crippen LogP contribution in [0.3, 0.4) is 0 Å². The standard InChI is InChI=1S/C25H21F6N5O2S/c26-24(27,28)16-3-2-14(19(7-16)25(29,30)31)10-36-20-4-1-13(5-15(20)9-33-36)6-21-22(38)34-23(39-21)35-11-17(32)8-18(35)12-37/h1-7,9,17-18,37H,8,10-12,32H2/t17-,18-/m1/s1. The van der Waals surface area contributed by atoms with Crippen LogP contribution in [-0.4, -0.2) is 56.1 Å². The second-order valence-corrected chi connectivity index (χ2v) is 10.3. The molecule has 0 bridgehead atoms. The van der Waals surface area contributed by atoms with Crippen LogP contribution in [0.4, 0.5) is 26.3 Å². The molecule has 14 heteroatoms. The Hall–Kier alpha value is -3.36. The lowest BCUT2D eigenvalue weighted by Gasteiger charge is -2.23. The summed E-state index contributed by atoms with van der Waals surface area (Å²) in [6, 6.07) is 6.13. The molecule has 3 aromatic rings. The number of rotatable bonds is 4. The Labute approximate surface area is 222 Å². The zero-order valence-corrected chi connectivity index (χ0v) is 20.8. The Morgan fingerprint density at radius 1 is 1.10 bits per heavy atom. The summed E-state index contributed by atoms with van der Waals surface area (Å²) in [5.41, 5.74) is 3.95. The molecule has 2 aromatic carbocycles. The molecule has 0 saturated carbocycles. The van der Waals surface area contributed by atoms with Gasteiger partial charge >= 0.3 is 12.4 Å². The molecule has 7 nitrogen and oxygen atoms in total. The Morgan fingerprint density at radius 3 is 2.56 bits per heavy atom. The molecule has 39 heavy (non-hydrogen) atoms. The van der Waals surface area contributed by atoms with Crippen molar-refractivity contribution in [2.24, 2.45) is 10.7 Å². The van der Waals surface area contributed by atoms with Gasteiger partial charge in [-0.2, -0.15) is 36.4 Å². The summed E-state index contributed by atoms with van der Waals surface area (Å²) in [6.45, 7) is -0.0394. The summed E-state index contributed by atoms with van der Waals surface area (Å²) in [7, 11) is 0. The van der Waals surface area contributed by atoms with Crippen molar-refractivity contribution in [1.82, 2.24) is 14.7 Å². The average molecular weight is 570 g/mol. The number of nitrogens with zero attached hydrogens (tertiary/aromatic N) is 4. The monoisotopic (exact) mass is 569 g/mol. The van der Waals surface area contributed by atoms with Crippen LogP contribution < -0.4 is 5.73 Å². The Morgan fingerprint density at radius 2 is 1.87 bits per heavy atom. The number of nitrogens with two attached hydrogens (primary N) is 1. The highest BCUT2D eigenvalue weighted by atomic mass is 32.2. The van der Waals surface area contributed by atoms with E-state index in [0.717, 1.165) is 17.8 Å². The number of hydrogen-bond acceptors (Lipinski definition) is 6. The van der Waals surface area contributed by atoms with Gasteiger partial charge in [0.2, 0.25) is 0 Å². The number of carbonyl (C=O) groups excluding carboxylic acids is 1. The normalized spacial score (nSPS) is 21.4. The van der Waals surface area contributed by atoms with Gasteiger partial charge in [0.05, 0.1) is 46.9 Å². The van der Waals surface area contributed by atoms with Crippen LogP contribution in [0.5, 0.6) is 0 Å². The van der Waals surface area contributed by atoms with E-state index >= 15 is 0 Å². The predicted molar refractivity (Wildman–Crippen MR) is 133 cm³/mol. The largest absolute Gasteiger partial charge is 0.416 e. The number of aliphatic hydroxyl groups is 1. The van der Waals surface area contributed by atoms with Crippen molar-refractivity contribution in [3.8, 4) is 0 Å². The molecule has 2 aliphatic rings.